The zero-order valence-corrected chi connectivity index (χ0v) is 19.8. The van der Waals surface area contributed by atoms with Gasteiger partial charge in [-0.25, -0.2) is 8.70 Å². The SMILES string of the molecule is CNC(=O)[C@H](C)N(Cc1cccc(Cl)c1)C(=O)CN(c1ccc(F)cc1)S(=O)(=O)N(C)C. The summed E-state index contributed by atoms with van der Waals surface area (Å²) < 4.78 is 41.1. The van der Waals surface area contributed by atoms with Crippen LogP contribution >= 0.6 is 11.6 Å². The van der Waals surface area contributed by atoms with E-state index in [0.717, 1.165) is 20.7 Å². The molecule has 8 nitrogen and oxygen atoms in total. The molecule has 2 aromatic carbocycles. The first-order valence-electron chi connectivity index (χ1n) is 9.68. The smallest absolute Gasteiger partial charge is 0.304 e. The lowest BCUT2D eigenvalue weighted by molar-refractivity contribution is -0.139. The van der Waals surface area contributed by atoms with E-state index in [1.165, 1.54) is 38.2 Å². The van der Waals surface area contributed by atoms with Crippen molar-refractivity contribution >= 4 is 39.3 Å². The Bertz CT molecular complexity index is 1060. The number of rotatable bonds is 9. The molecule has 0 saturated heterocycles. The van der Waals surface area contributed by atoms with Crippen LogP contribution in [0.25, 0.3) is 0 Å². The van der Waals surface area contributed by atoms with Crippen molar-refractivity contribution in [3.8, 4) is 0 Å². The van der Waals surface area contributed by atoms with Gasteiger partial charge in [0.2, 0.25) is 11.8 Å². The van der Waals surface area contributed by atoms with E-state index < -0.39 is 40.4 Å². The maximum Gasteiger partial charge on any atom is 0.304 e. The molecule has 1 N–H and O–H groups in total. The van der Waals surface area contributed by atoms with E-state index in [1.54, 1.807) is 31.2 Å². The van der Waals surface area contributed by atoms with Crippen LogP contribution in [0.4, 0.5) is 10.1 Å². The minimum Gasteiger partial charge on any atom is -0.357 e. The van der Waals surface area contributed by atoms with E-state index in [2.05, 4.69) is 5.32 Å². The van der Waals surface area contributed by atoms with Gasteiger partial charge in [-0.2, -0.15) is 12.7 Å². The number of anilines is 1. The molecule has 174 valence electrons. The molecule has 2 aromatic rings. The van der Waals surface area contributed by atoms with Crippen molar-refractivity contribution in [2.24, 2.45) is 0 Å². The second kappa shape index (κ2) is 10.8. The molecule has 0 radical (unpaired) electrons. The number of amides is 2. The number of nitrogens with zero attached hydrogens (tertiary/aromatic N) is 3. The first-order chi connectivity index (χ1) is 15.0. The number of benzene rings is 2. The van der Waals surface area contributed by atoms with Gasteiger partial charge in [0.05, 0.1) is 5.69 Å². The maximum atomic E-state index is 13.4. The molecule has 1 atom stereocenters. The third kappa shape index (κ3) is 6.18. The molecular weight excluding hydrogens is 459 g/mol. The fraction of sp³-hybridized carbons (Fsp3) is 0.333. The van der Waals surface area contributed by atoms with E-state index in [9.17, 15) is 22.4 Å². The summed E-state index contributed by atoms with van der Waals surface area (Å²) >= 11 is 6.04. The van der Waals surface area contributed by atoms with Gasteiger partial charge in [-0.1, -0.05) is 23.7 Å². The third-order valence-corrected chi connectivity index (χ3v) is 6.84. The average Bonchev–Trinajstić information content (AvgIpc) is 2.75. The summed E-state index contributed by atoms with van der Waals surface area (Å²) in [6.07, 6.45) is 0. The van der Waals surface area contributed by atoms with Crippen molar-refractivity contribution in [2.45, 2.75) is 19.5 Å². The van der Waals surface area contributed by atoms with Crippen molar-refractivity contribution in [2.75, 3.05) is 32.0 Å². The van der Waals surface area contributed by atoms with Crippen LogP contribution in [0, 0.1) is 5.82 Å². The van der Waals surface area contributed by atoms with Gasteiger partial charge in [-0.3, -0.25) is 9.59 Å². The molecule has 0 aliphatic heterocycles. The van der Waals surface area contributed by atoms with Crippen LogP contribution in [-0.4, -0.2) is 63.2 Å². The van der Waals surface area contributed by atoms with Crippen LogP contribution in [0.1, 0.15) is 12.5 Å². The zero-order chi connectivity index (χ0) is 24.1. The normalized spacial score (nSPS) is 12.3. The monoisotopic (exact) mass is 484 g/mol. The molecule has 0 fully saturated rings. The second-order valence-corrected chi connectivity index (χ2v) is 9.72. The lowest BCUT2D eigenvalue weighted by Crippen LogP contribution is -2.52. The second-order valence-electron chi connectivity index (χ2n) is 7.22. The fourth-order valence-corrected chi connectivity index (χ4v) is 4.22. The number of halogens is 2. The van der Waals surface area contributed by atoms with Gasteiger partial charge in [0, 0.05) is 32.7 Å². The van der Waals surface area contributed by atoms with Crippen LogP contribution in [0.15, 0.2) is 48.5 Å². The van der Waals surface area contributed by atoms with Crippen molar-refractivity contribution in [1.82, 2.24) is 14.5 Å². The lowest BCUT2D eigenvalue weighted by Gasteiger charge is -2.32. The van der Waals surface area contributed by atoms with E-state index in [-0.39, 0.29) is 12.2 Å². The third-order valence-electron chi connectivity index (χ3n) is 4.79. The number of carbonyl (C=O) groups is 2. The molecule has 11 heteroatoms. The Hall–Kier alpha value is -2.69. The quantitative estimate of drug-likeness (QED) is 0.591. The molecule has 0 spiro atoms. The highest BCUT2D eigenvalue weighted by Gasteiger charge is 2.32. The first-order valence-corrected chi connectivity index (χ1v) is 11.5. The van der Waals surface area contributed by atoms with Crippen LogP contribution in [0.5, 0.6) is 0 Å². The summed E-state index contributed by atoms with van der Waals surface area (Å²) in [5.41, 5.74) is 0.786. The maximum absolute atomic E-state index is 13.4. The van der Waals surface area contributed by atoms with Gasteiger partial charge in [0.1, 0.15) is 18.4 Å². The molecular formula is C21H26ClFN4O4S. The summed E-state index contributed by atoms with van der Waals surface area (Å²) in [5.74, 6) is -1.57. The number of hydrogen-bond donors (Lipinski definition) is 1. The van der Waals surface area contributed by atoms with Crippen LogP contribution in [-0.2, 0) is 26.3 Å². The van der Waals surface area contributed by atoms with Gasteiger partial charge >= 0.3 is 10.2 Å². The highest BCUT2D eigenvalue weighted by atomic mass is 35.5. The summed E-state index contributed by atoms with van der Waals surface area (Å²) in [6.45, 7) is 0.991. The van der Waals surface area contributed by atoms with Crippen molar-refractivity contribution in [1.29, 1.82) is 0 Å². The van der Waals surface area contributed by atoms with E-state index >= 15 is 0 Å². The van der Waals surface area contributed by atoms with Crippen LogP contribution in [0.2, 0.25) is 5.02 Å². The highest BCUT2D eigenvalue weighted by molar-refractivity contribution is 7.90. The summed E-state index contributed by atoms with van der Waals surface area (Å²) in [7, 11) is 0.0103. The molecule has 0 saturated carbocycles. The largest absolute Gasteiger partial charge is 0.357 e. The van der Waals surface area contributed by atoms with Crippen molar-refractivity contribution in [3.63, 3.8) is 0 Å². The molecule has 0 aliphatic carbocycles. The van der Waals surface area contributed by atoms with Crippen LogP contribution < -0.4 is 9.62 Å². The minimum atomic E-state index is -4.09. The number of likely N-dealkylation sites (N-methyl/N-ethyl adjacent to an activating group) is 1. The van der Waals surface area contributed by atoms with E-state index in [0.29, 0.717) is 10.6 Å². The van der Waals surface area contributed by atoms with Crippen LogP contribution in [0.3, 0.4) is 0 Å². The molecule has 0 heterocycles. The van der Waals surface area contributed by atoms with E-state index in [4.69, 9.17) is 11.6 Å². The summed E-state index contributed by atoms with van der Waals surface area (Å²) in [4.78, 5) is 26.9. The van der Waals surface area contributed by atoms with Gasteiger partial charge in [-0.15, -0.1) is 0 Å². The molecule has 32 heavy (non-hydrogen) atoms. The number of hydrogen-bond acceptors (Lipinski definition) is 4. The standard InChI is InChI=1S/C21H26ClFN4O4S/c1-15(21(29)24-2)26(13-16-6-5-7-17(22)12-16)20(28)14-27(32(30,31)25(3)4)19-10-8-18(23)9-11-19/h5-12,15H,13-14H2,1-4H3,(H,24,29)/t15-/m0/s1. The predicted octanol–water partition coefficient (Wildman–Crippen LogP) is 2.26. The van der Waals surface area contributed by atoms with E-state index in [1.807, 2.05) is 0 Å². The molecule has 0 aromatic heterocycles. The highest BCUT2D eigenvalue weighted by Crippen LogP contribution is 2.21. The Labute approximate surface area is 192 Å². The molecule has 2 amide bonds. The lowest BCUT2D eigenvalue weighted by atomic mass is 10.1. The number of carbonyl (C=O) groups excluding carboxylic acids is 2. The zero-order valence-electron chi connectivity index (χ0n) is 18.2. The number of nitrogens with one attached hydrogen (secondary N) is 1. The predicted molar refractivity (Wildman–Crippen MR) is 122 cm³/mol. The Morgan fingerprint density at radius 1 is 1.12 bits per heavy atom. The Morgan fingerprint density at radius 2 is 1.75 bits per heavy atom. The fourth-order valence-electron chi connectivity index (χ4n) is 2.95. The van der Waals surface area contributed by atoms with Gasteiger partial charge < -0.3 is 10.2 Å². The Balaban J connectivity index is 2.44. The summed E-state index contributed by atoms with van der Waals surface area (Å²) in [6, 6.07) is 10.7. The summed E-state index contributed by atoms with van der Waals surface area (Å²) in [5, 5.41) is 2.96. The van der Waals surface area contributed by atoms with Gasteiger partial charge in [0.15, 0.2) is 0 Å². The molecule has 2 rings (SSSR count). The Kier molecular flexibility index (Phi) is 8.59. The molecule has 0 bridgehead atoms. The van der Waals surface area contributed by atoms with Crippen molar-refractivity contribution < 1.29 is 22.4 Å². The first kappa shape index (κ1) is 25.6. The van der Waals surface area contributed by atoms with Crippen molar-refractivity contribution in [3.05, 3.63) is 64.9 Å². The van der Waals surface area contributed by atoms with Gasteiger partial charge in [-0.05, 0) is 48.9 Å². The minimum absolute atomic E-state index is 0.0350. The Morgan fingerprint density at radius 3 is 2.28 bits per heavy atom. The van der Waals surface area contributed by atoms with Gasteiger partial charge in [0.25, 0.3) is 0 Å². The average molecular weight is 485 g/mol. The molecule has 0 unspecified atom stereocenters. The molecule has 0 aliphatic rings. The topological polar surface area (TPSA) is 90.0 Å².